The zero-order chi connectivity index (χ0) is 14.4. The van der Waals surface area contributed by atoms with E-state index in [1.165, 1.54) is 12.1 Å². The maximum Gasteiger partial charge on any atom is 0.246 e. The van der Waals surface area contributed by atoms with Gasteiger partial charge in [-0.1, -0.05) is 23.2 Å². The summed E-state index contributed by atoms with van der Waals surface area (Å²) in [6.45, 7) is -0.413. The first-order chi connectivity index (χ1) is 8.73. The third kappa shape index (κ3) is 2.67. The van der Waals surface area contributed by atoms with Crippen LogP contribution in [0.2, 0.25) is 10.0 Å². The summed E-state index contributed by atoms with van der Waals surface area (Å²) in [7, 11) is -3.98. The van der Waals surface area contributed by atoms with Crippen LogP contribution in [0.5, 0.6) is 0 Å². The third-order valence-corrected chi connectivity index (χ3v) is 5.44. The van der Waals surface area contributed by atoms with Crippen LogP contribution in [0.15, 0.2) is 17.0 Å². The fourth-order valence-corrected chi connectivity index (χ4v) is 4.33. The largest absolute Gasteiger partial charge is 0.398 e. The Morgan fingerprint density at radius 3 is 2.21 bits per heavy atom. The summed E-state index contributed by atoms with van der Waals surface area (Å²) in [5.74, 6) is 0. The van der Waals surface area contributed by atoms with Crippen molar-refractivity contribution in [2.24, 2.45) is 0 Å². The standard InChI is InChI=1S/C10H12Cl2N2O4S/c11-5-1-6(12)10(7(13)2-5)19(17,18)14-3-8(15)9(16)4-14/h1-2,8-9,15-16H,3-4,13H2/t8-,9+. The average Bonchev–Trinajstić information content (AvgIpc) is 2.57. The van der Waals surface area contributed by atoms with Crippen LogP contribution in [-0.2, 0) is 10.0 Å². The van der Waals surface area contributed by atoms with Crippen molar-refractivity contribution in [3.63, 3.8) is 0 Å². The summed E-state index contributed by atoms with van der Waals surface area (Å²) >= 11 is 11.6. The van der Waals surface area contributed by atoms with Crippen LogP contribution in [0.4, 0.5) is 5.69 Å². The molecule has 2 atom stereocenters. The van der Waals surface area contributed by atoms with Crippen LogP contribution in [0.3, 0.4) is 0 Å². The highest BCUT2D eigenvalue weighted by atomic mass is 35.5. The Hall–Kier alpha value is -0.570. The molecule has 1 heterocycles. The Kier molecular flexibility index (Phi) is 3.97. The highest BCUT2D eigenvalue weighted by Gasteiger charge is 2.39. The number of halogens is 2. The Balaban J connectivity index is 2.47. The predicted octanol–water partition coefficient (Wildman–Crippen LogP) is 0.302. The molecule has 0 unspecified atom stereocenters. The molecule has 0 amide bonds. The molecule has 19 heavy (non-hydrogen) atoms. The lowest BCUT2D eigenvalue weighted by atomic mass is 10.3. The molecule has 0 bridgehead atoms. The summed E-state index contributed by atoms with van der Waals surface area (Å²) in [5, 5.41) is 19.0. The minimum absolute atomic E-state index is 0.0756. The molecular formula is C10H12Cl2N2O4S. The van der Waals surface area contributed by atoms with E-state index in [0.717, 1.165) is 4.31 Å². The van der Waals surface area contributed by atoms with E-state index in [0.29, 0.717) is 0 Å². The van der Waals surface area contributed by atoms with E-state index in [9.17, 15) is 18.6 Å². The van der Waals surface area contributed by atoms with Crippen molar-refractivity contribution < 1.29 is 18.6 Å². The van der Waals surface area contributed by atoms with Gasteiger partial charge in [-0.05, 0) is 12.1 Å². The lowest BCUT2D eigenvalue weighted by Gasteiger charge is -2.18. The van der Waals surface area contributed by atoms with Crippen molar-refractivity contribution in [2.45, 2.75) is 17.1 Å². The second-order valence-corrected chi connectivity index (χ2v) is 6.98. The first kappa shape index (κ1) is 14.8. The molecule has 1 fully saturated rings. The SMILES string of the molecule is Nc1cc(Cl)cc(Cl)c1S(=O)(=O)N1C[C@@H](O)[C@@H](O)C1. The number of rotatable bonds is 2. The number of aliphatic hydroxyl groups excluding tert-OH is 2. The van der Waals surface area contributed by atoms with Crippen molar-refractivity contribution in [3.05, 3.63) is 22.2 Å². The summed E-state index contributed by atoms with van der Waals surface area (Å²) in [6.07, 6.45) is -2.25. The van der Waals surface area contributed by atoms with Gasteiger partial charge in [0.15, 0.2) is 0 Å². The highest BCUT2D eigenvalue weighted by molar-refractivity contribution is 7.89. The molecule has 9 heteroatoms. The van der Waals surface area contributed by atoms with E-state index in [2.05, 4.69) is 0 Å². The number of hydrogen-bond donors (Lipinski definition) is 3. The number of hydrogen-bond acceptors (Lipinski definition) is 5. The highest BCUT2D eigenvalue weighted by Crippen LogP contribution is 2.34. The topological polar surface area (TPSA) is 104 Å². The molecule has 4 N–H and O–H groups in total. The van der Waals surface area contributed by atoms with Crippen LogP contribution in [0.1, 0.15) is 0 Å². The monoisotopic (exact) mass is 326 g/mol. The summed E-state index contributed by atoms with van der Waals surface area (Å²) in [4.78, 5) is -0.264. The molecule has 0 saturated carbocycles. The van der Waals surface area contributed by atoms with Crippen LogP contribution in [0.25, 0.3) is 0 Å². The minimum Gasteiger partial charge on any atom is -0.398 e. The zero-order valence-electron chi connectivity index (χ0n) is 9.62. The number of nitrogens with two attached hydrogens (primary N) is 1. The Morgan fingerprint density at radius 2 is 1.74 bits per heavy atom. The first-order valence-electron chi connectivity index (χ1n) is 5.34. The van der Waals surface area contributed by atoms with Gasteiger partial charge < -0.3 is 15.9 Å². The van der Waals surface area contributed by atoms with Gasteiger partial charge in [0.25, 0.3) is 0 Å². The van der Waals surface area contributed by atoms with Gasteiger partial charge in [0, 0.05) is 18.1 Å². The van der Waals surface area contributed by atoms with Gasteiger partial charge >= 0.3 is 0 Å². The summed E-state index contributed by atoms with van der Waals surface area (Å²) in [6, 6.07) is 2.55. The van der Waals surface area contributed by atoms with Gasteiger partial charge in [-0.15, -0.1) is 0 Å². The molecule has 0 spiro atoms. The van der Waals surface area contributed by atoms with Crippen molar-refractivity contribution in [1.82, 2.24) is 4.31 Å². The number of benzene rings is 1. The summed E-state index contributed by atoms with van der Waals surface area (Å²) in [5.41, 5.74) is 5.57. The van der Waals surface area contributed by atoms with Gasteiger partial charge in [-0.25, -0.2) is 8.42 Å². The molecule has 0 radical (unpaired) electrons. The Bertz CT molecular complexity index is 575. The van der Waals surface area contributed by atoms with E-state index in [1.54, 1.807) is 0 Å². The molecular weight excluding hydrogens is 315 g/mol. The number of nitrogens with zero attached hydrogens (tertiary/aromatic N) is 1. The quantitative estimate of drug-likeness (QED) is 0.678. The van der Waals surface area contributed by atoms with E-state index in [4.69, 9.17) is 28.9 Å². The second-order valence-electron chi connectivity index (χ2n) is 4.26. The van der Waals surface area contributed by atoms with Gasteiger partial charge in [-0.2, -0.15) is 4.31 Å². The van der Waals surface area contributed by atoms with Crippen LogP contribution >= 0.6 is 23.2 Å². The van der Waals surface area contributed by atoms with Gasteiger partial charge in [0.1, 0.15) is 4.90 Å². The normalized spacial score (nSPS) is 24.8. The number of nitrogen functional groups attached to an aromatic ring is 1. The first-order valence-corrected chi connectivity index (χ1v) is 7.54. The van der Waals surface area contributed by atoms with Gasteiger partial charge in [0.05, 0.1) is 22.9 Å². The maximum absolute atomic E-state index is 12.4. The van der Waals surface area contributed by atoms with E-state index in [1.807, 2.05) is 0 Å². The number of sulfonamides is 1. The molecule has 1 aromatic rings. The minimum atomic E-state index is -3.98. The fourth-order valence-electron chi connectivity index (χ4n) is 1.91. The second kappa shape index (κ2) is 5.08. The van der Waals surface area contributed by atoms with Crippen molar-refractivity contribution in [1.29, 1.82) is 0 Å². The maximum atomic E-state index is 12.4. The molecule has 0 aliphatic carbocycles. The van der Waals surface area contributed by atoms with Gasteiger partial charge in [0.2, 0.25) is 10.0 Å². The van der Waals surface area contributed by atoms with Crippen LogP contribution in [-0.4, -0.2) is 48.2 Å². The Morgan fingerprint density at radius 1 is 1.21 bits per heavy atom. The molecule has 1 aliphatic rings. The predicted molar refractivity (Wildman–Crippen MR) is 71.6 cm³/mol. The lowest BCUT2D eigenvalue weighted by Crippen LogP contribution is -2.30. The number of aliphatic hydroxyl groups is 2. The smallest absolute Gasteiger partial charge is 0.246 e. The molecule has 106 valence electrons. The zero-order valence-corrected chi connectivity index (χ0v) is 12.0. The Labute approximate surface area is 120 Å². The van der Waals surface area contributed by atoms with E-state index < -0.39 is 22.2 Å². The molecule has 1 aromatic carbocycles. The van der Waals surface area contributed by atoms with Gasteiger partial charge in [-0.3, -0.25) is 0 Å². The molecule has 2 rings (SSSR count). The molecule has 1 saturated heterocycles. The van der Waals surface area contributed by atoms with Crippen molar-refractivity contribution >= 4 is 38.9 Å². The third-order valence-electron chi connectivity index (χ3n) is 2.86. The van der Waals surface area contributed by atoms with E-state index >= 15 is 0 Å². The molecule has 1 aliphatic heterocycles. The van der Waals surface area contributed by atoms with Crippen molar-refractivity contribution in [3.8, 4) is 0 Å². The summed E-state index contributed by atoms with van der Waals surface area (Å²) < 4.78 is 25.7. The molecule has 6 nitrogen and oxygen atoms in total. The van der Waals surface area contributed by atoms with Crippen LogP contribution < -0.4 is 5.73 Å². The number of β-amino-alcohol motifs (C(OH)–C–C–N with tert-alkyl or cyclic N) is 2. The van der Waals surface area contributed by atoms with Crippen LogP contribution in [0, 0.1) is 0 Å². The number of anilines is 1. The van der Waals surface area contributed by atoms with Crippen molar-refractivity contribution in [2.75, 3.05) is 18.8 Å². The average molecular weight is 327 g/mol. The lowest BCUT2D eigenvalue weighted by molar-refractivity contribution is 0.0572. The fraction of sp³-hybridized carbons (Fsp3) is 0.400. The molecule has 0 aromatic heterocycles. The van der Waals surface area contributed by atoms with E-state index in [-0.39, 0.29) is 33.7 Å².